The molecule has 0 amide bonds. The minimum Gasteiger partial charge on any atom is -0.423 e. The van der Waals surface area contributed by atoms with Crippen LogP contribution >= 0.6 is 0 Å². The Bertz CT molecular complexity index is 957. The Kier molecular flexibility index (Phi) is 7.25. The van der Waals surface area contributed by atoms with Gasteiger partial charge in [0.05, 0.1) is 4.90 Å². The molecule has 0 bridgehead atoms. The summed E-state index contributed by atoms with van der Waals surface area (Å²) in [5.74, 6) is -0.306. The quantitative estimate of drug-likeness (QED) is 0.292. The molecule has 0 unspecified atom stereocenters. The molecular weight excluding hydrogens is 378 g/mol. The normalized spacial score (nSPS) is 11.7. The molecule has 2 rings (SSSR count). The van der Waals surface area contributed by atoms with Crippen LogP contribution in [0.15, 0.2) is 59.5 Å². The minimum absolute atomic E-state index is 0.0655. The Morgan fingerprint density at radius 2 is 1.54 bits per heavy atom. The van der Waals surface area contributed by atoms with Crippen molar-refractivity contribution in [3.63, 3.8) is 0 Å². The number of hydrogen-bond acceptors (Lipinski definition) is 5. The van der Waals surface area contributed by atoms with Crippen LogP contribution in [0.1, 0.15) is 36.7 Å². The molecule has 0 aliphatic rings. The first-order valence-electron chi connectivity index (χ1n) is 8.89. The fraction of sp³-hybridized carbons (Fsp3) is 0.238. The van der Waals surface area contributed by atoms with Gasteiger partial charge in [-0.2, -0.15) is 4.31 Å². The van der Waals surface area contributed by atoms with E-state index < -0.39 is 16.0 Å². The first-order valence-corrected chi connectivity index (χ1v) is 10.3. The molecule has 28 heavy (non-hydrogen) atoms. The molecule has 0 aliphatic carbocycles. The van der Waals surface area contributed by atoms with Crippen molar-refractivity contribution in [3.05, 3.63) is 65.7 Å². The average Bonchev–Trinajstić information content (AvgIpc) is 2.68. The lowest BCUT2D eigenvalue weighted by Crippen LogP contribution is -2.30. The summed E-state index contributed by atoms with van der Waals surface area (Å²) in [5.41, 5.74) is 1.21. The second-order valence-corrected chi connectivity index (χ2v) is 7.93. The fourth-order valence-electron chi connectivity index (χ4n) is 2.54. The fourth-order valence-corrected chi connectivity index (χ4v) is 3.99. The second kappa shape index (κ2) is 9.43. The number of rotatable bonds is 8. The highest BCUT2D eigenvalue weighted by atomic mass is 32.2. The van der Waals surface area contributed by atoms with Crippen LogP contribution in [0.5, 0.6) is 5.75 Å². The van der Waals surface area contributed by atoms with E-state index in [0.717, 1.165) is 0 Å². The molecule has 0 aromatic heterocycles. The summed E-state index contributed by atoms with van der Waals surface area (Å²) in [6.45, 7) is 5.84. The predicted octanol–water partition coefficient (Wildman–Crippen LogP) is 3.54. The summed E-state index contributed by atoms with van der Waals surface area (Å²) in [7, 11) is -3.51. The van der Waals surface area contributed by atoms with Crippen molar-refractivity contribution in [1.82, 2.24) is 4.31 Å². The molecule has 6 nitrogen and oxygen atoms in total. The van der Waals surface area contributed by atoms with Crippen LogP contribution in [-0.4, -0.2) is 37.6 Å². The number of carbonyl (C=O) groups is 2. The zero-order valence-corrected chi connectivity index (χ0v) is 16.9. The SMILES string of the molecule is CCN(CC)S(=O)(=O)c1ccc(C=CC(=O)Oc2ccc(C(C)=O)cc2)cc1. The predicted molar refractivity (Wildman–Crippen MR) is 108 cm³/mol. The van der Waals surface area contributed by atoms with Crippen molar-refractivity contribution < 1.29 is 22.7 Å². The number of hydrogen-bond donors (Lipinski definition) is 0. The highest BCUT2D eigenvalue weighted by Gasteiger charge is 2.20. The smallest absolute Gasteiger partial charge is 0.336 e. The summed E-state index contributed by atoms with van der Waals surface area (Å²) >= 11 is 0. The molecule has 2 aromatic carbocycles. The number of carbonyl (C=O) groups excluding carboxylic acids is 2. The van der Waals surface area contributed by atoms with E-state index in [9.17, 15) is 18.0 Å². The standard InChI is InChI=1S/C21H23NO5S/c1-4-22(5-2)28(25,26)20-13-6-17(7-14-20)8-15-21(24)27-19-11-9-18(10-12-19)16(3)23/h6-15H,4-5H2,1-3H3. The monoisotopic (exact) mass is 401 g/mol. The van der Waals surface area contributed by atoms with Gasteiger partial charge >= 0.3 is 5.97 Å². The number of sulfonamides is 1. The summed E-state index contributed by atoms with van der Waals surface area (Å²) in [5, 5.41) is 0. The van der Waals surface area contributed by atoms with Crippen LogP contribution in [0, 0.1) is 0 Å². The Balaban J connectivity index is 2.04. The minimum atomic E-state index is -3.51. The lowest BCUT2D eigenvalue weighted by molar-refractivity contribution is -0.128. The van der Waals surface area contributed by atoms with Crippen molar-refractivity contribution in [2.45, 2.75) is 25.7 Å². The van der Waals surface area contributed by atoms with Crippen LogP contribution in [0.3, 0.4) is 0 Å². The molecule has 148 valence electrons. The van der Waals surface area contributed by atoms with E-state index in [1.807, 2.05) is 0 Å². The number of benzene rings is 2. The maximum Gasteiger partial charge on any atom is 0.336 e. The Labute approximate surface area is 165 Å². The van der Waals surface area contributed by atoms with Crippen molar-refractivity contribution in [2.24, 2.45) is 0 Å². The lowest BCUT2D eigenvalue weighted by Gasteiger charge is -2.18. The summed E-state index contributed by atoms with van der Waals surface area (Å²) < 4.78 is 31.5. The number of nitrogens with zero attached hydrogens (tertiary/aromatic N) is 1. The Morgan fingerprint density at radius 3 is 2.04 bits per heavy atom. The van der Waals surface area contributed by atoms with Gasteiger partial charge < -0.3 is 4.74 Å². The van der Waals surface area contributed by atoms with Gasteiger partial charge in [-0.05, 0) is 55.0 Å². The maximum atomic E-state index is 12.5. The van der Waals surface area contributed by atoms with Gasteiger partial charge in [0.25, 0.3) is 0 Å². The number of ketones is 1. The summed E-state index contributed by atoms with van der Waals surface area (Å²) in [6, 6.07) is 12.6. The van der Waals surface area contributed by atoms with E-state index in [0.29, 0.717) is 30.0 Å². The summed E-state index contributed by atoms with van der Waals surface area (Å²) in [4.78, 5) is 23.4. The van der Waals surface area contributed by atoms with Crippen LogP contribution in [0.2, 0.25) is 0 Å². The third kappa shape index (κ3) is 5.37. The molecule has 0 heterocycles. The number of ether oxygens (including phenoxy) is 1. The van der Waals surface area contributed by atoms with E-state index in [1.165, 1.54) is 29.4 Å². The first-order chi connectivity index (χ1) is 13.3. The number of esters is 1. The molecule has 0 spiro atoms. The molecule has 0 saturated heterocycles. The average molecular weight is 401 g/mol. The second-order valence-electron chi connectivity index (χ2n) is 5.99. The van der Waals surface area contributed by atoms with Gasteiger partial charge in [-0.15, -0.1) is 0 Å². The molecule has 7 heteroatoms. The Morgan fingerprint density at radius 1 is 0.964 bits per heavy atom. The van der Waals surface area contributed by atoms with Crippen molar-refractivity contribution in [2.75, 3.05) is 13.1 Å². The zero-order valence-electron chi connectivity index (χ0n) is 16.1. The van der Waals surface area contributed by atoms with Gasteiger partial charge in [0.15, 0.2) is 5.78 Å². The van der Waals surface area contributed by atoms with Gasteiger partial charge in [-0.3, -0.25) is 4.79 Å². The third-order valence-corrected chi connectivity index (χ3v) is 6.18. The molecule has 0 atom stereocenters. The van der Waals surface area contributed by atoms with Crippen molar-refractivity contribution in [3.8, 4) is 5.75 Å². The van der Waals surface area contributed by atoms with Crippen LogP contribution in [-0.2, 0) is 14.8 Å². The molecule has 0 saturated carbocycles. The third-order valence-electron chi connectivity index (χ3n) is 4.11. The topological polar surface area (TPSA) is 80.8 Å². The summed E-state index contributed by atoms with van der Waals surface area (Å²) in [6.07, 6.45) is 2.80. The van der Waals surface area contributed by atoms with Gasteiger partial charge in [0.1, 0.15) is 5.75 Å². The molecule has 2 aromatic rings. The maximum absolute atomic E-state index is 12.5. The molecular formula is C21H23NO5S. The van der Waals surface area contributed by atoms with Gasteiger partial charge in [0.2, 0.25) is 10.0 Å². The molecule has 0 fully saturated rings. The van der Waals surface area contributed by atoms with Crippen molar-refractivity contribution in [1.29, 1.82) is 0 Å². The van der Waals surface area contributed by atoms with E-state index in [-0.39, 0.29) is 10.7 Å². The first kappa shape index (κ1) is 21.5. The van der Waals surface area contributed by atoms with E-state index in [1.54, 1.807) is 56.3 Å². The van der Waals surface area contributed by atoms with Gasteiger partial charge in [0, 0.05) is 24.7 Å². The zero-order chi connectivity index (χ0) is 20.7. The van der Waals surface area contributed by atoms with Gasteiger partial charge in [-0.25, -0.2) is 13.2 Å². The van der Waals surface area contributed by atoms with Crippen molar-refractivity contribution >= 4 is 27.9 Å². The highest BCUT2D eigenvalue weighted by Crippen LogP contribution is 2.17. The van der Waals surface area contributed by atoms with E-state index >= 15 is 0 Å². The van der Waals surface area contributed by atoms with E-state index in [2.05, 4.69) is 0 Å². The van der Waals surface area contributed by atoms with Gasteiger partial charge in [-0.1, -0.05) is 26.0 Å². The van der Waals surface area contributed by atoms with Crippen LogP contribution in [0.25, 0.3) is 6.08 Å². The van der Waals surface area contributed by atoms with E-state index in [4.69, 9.17) is 4.74 Å². The molecule has 0 aliphatic heterocycles. The number of Topliss-reactive ketones (excluding diaryl/α,β-unsaturated/α-hetero) is 1. The highest BCUT2D eigenvalue weighted by molar-refractivity contribution is 7.89. The Hall–Kier alpha value is -2.77. The lowest BCUT2D eigenvalue weighted by atomic mass is 10.1. The molecule has 0 radical (unpaired) electrons. The van der Waals surface area contributed by atoms with Crippen LogP contribution < -0.4 is 4.74 Å². The van der Waals surface area contributed by atoms with Crippen LogP contribution in [0.4, 0.5) is 0 Å². The molecule has 0 N–H and O–H groups in total. The largest absolute Gasteiger partial charge is 0.423 e.